The van der Waals surface area contributed by atoms with Crippen LogP contribution in [0, 0.1) is 10.1 Å². The zero-order valence-corrected chi connectivity index (χ0v) is 11.6. The molecule has 1 fully saturated rings. The highest BCUT2D eigenvalue weighted by molar-refractivity contribution is 6.21. The van der Waals surface area contributed by atoms with Crippen LogP contribution in [0.25, 0.3) is 11.0 Å². The normalized spacial score (nSPS) is 22.9. The van der Waals surface area contributed by atoms with Gasteiger partial charge in [-0.3, -0.25) is 10.1 Å². The van der Waals surface area contributed by atoms with E-state index in [2.05, 4.69) is 15.3 Å². The second kappa shape index (κ2) is 5.28. The summed E-state index contributed by atoms with van der Waals surface area (Å²) < 4.78 is 0. The van der Waals surface area contributed by atoms with Gasteiger partial charge in [-0.05, 0) is 18.9 Å². The Morgan fingerprint density at radius 1 is 1.40 bits per heavy atom. The predicted octanol–water partition coefficient (Wildman–Crippen LogP) is 3.43. The summed E-state index contributed by atoms with van der Waals surface area (Å²) in [7, 11) is 0. The lowest BCUT2D eigenvalue weighted by molar-refractivity contribution is -0.384. The molecule has 1 aromatic carbocycles. The molecule has 0 saturated heterocycles. The van der Waals surface area contributed by atoms with Crippen molar-refractivity contribution in [1.29, 1.82) is 0 Å². The number of H-pyrrole nitrogens is 1. The van der Waals surface area contributed by atoms with E-state index in [4.69, 9.17) is 11.6 Å². The van der Waals surface area contributed by atoms with Crippen LogP contribution in [0.1, 0.15) is 25.7 Å². The summed E-state index contributed by atoms with van der Waals surface area (Å²) in [6.45, 7) is 0. The van der Waals surface area contributed by atoms with Gasteiger partial charge in [0.2, 0.25) is 5.95 Å². The number of nitrogens with one attached hydrogen (secondary N) is 2. The van der Waals surface area contributed by atoms with Crippen molar-refractivity contribution in [3.63, 3.8) is 0 Å². The van der Waals surface area contributed by atoms with Gasteiger partial charge < -0.3 is 10.3 Å². The van der Waals surface area contributed by atoms with Crippen LogP contribution in [0.5, 0.6) is 0 Å². The van der Waals surface area contributed by atoms with Gasteiger partial charge in [0.1, 0.15) is 0 Å². The Hall–Kier alpha value is -1.82. The molecule has 0 spiro atoms. The van der Waals surface area contributed by atoms with E-state index in [9.17, 15) is 10.1 Å². The lowest BCUT2D eigenvalue weighted by Gasteiger charge is -2.27. The van der Waals surface area contributed by atoms with Gasteiger partial charge >= 0.3 is 0 Å². The summed E-state index contributed by atoms with van der Waals surface area (Å²) in [6, 6.07) is 4.79. The topological polar surface area (TPSA) is 83.8 Å². The summed E-state index contributed by atoms with van der Waals surface area (Å²) in [6.07, 6.45) is 4.35. The maximum atomic E-state index is 10.7. The number of imidazole rings is 1. The van der Waals surface area contributed by atoms with Crippen LogP contribution in [-0.4, -0.2) is 26.3 Å². The number of alkyl halides is 1. The minimum atomic E-state index is -0.413. The quantitative estimate of drug-likeness (QED) is 0.516. The Morgan fingerprint density at radius 2 is 2.20 bits per heavy atom. The highest BCUT2D eigenvalue weighted by atomic mass is 35.5. The van der Waals surface area contributed by atoms with Crippen molar-refractivity contribution in [2.75, 3.05) is 5.32 Å². The van der Waals surface area contributed by atoms with E-state index in [0.29, 0.717) is 17.0 Å². The summed E-state index contributed by atoms with van der Waals surface area (Å²) in [5, 5.41) is 14.2. The molecule has 0 bridgehead atoms. The Labute approximate surface area is 120 Å². The van der Waals surface area contributed by atoms with Crippen molar-refractivity contribution >= 4 is 34.3 Å². The second-order valence-corrected chi connectivity index (χ2v) is 5.66. The highest BCUT2D eigenvalue weighted by Gasteiger charge is 2.23. The molecule has 20 heavy (non-hydrogen) atoms. The molecule has 0 radical (unpaired) electrons. The summed E-state index contributed by atoms with van der Waals surface area (Å²) >= 11 is 6.30. The van der Waals surface area contributed by atoms with Crippen LogP contribution < -0.4 is 5.32 Å². The van der Waals surface area contributed by atoms with Gasteiger partial charge in [0.15, 0.2) is 0 Å². The smallest absolute Gasteiger partial charge is 0.271 e. The number of nitro benzene ring substituents is 1. The Morgan fingerprint density at radius 3 is 2.95 bits per heavy atom. The molecule has 1 heterocycles. The standard InChI is InChI=1S/C13H15ClN4O2/c14-9-3-1-2-4-10(9)15-13-16-11-6-5-8(18(19)20)7-12(11)17-13/h5-7,9-10H,1-4H2,(H2,15,16,17). The molecule has 0 aliphatic heterocycles. The van der Waals surface area contributed by atoms with Gasteiger partial charge in [0.25, 0.3) is 5.69 Å². The molecule has 6 nitrogen and oxygen atoms in total. The van der Waals surface area contributed by atoms with Gasteiger partial charge in [-0.25, -0.2) is 4.98 Å². The fraction of sp³-hybridized carbons (Fsp3) is 0.462. The number of nitro groups is 1. The maximum absolute atomic E-state index is 10.7. The summed E-state index contributed by atoms with van der Waals surface area (Å²) in [5.74, 6) is 0.623. The molecule has 3 rings (SSSR count). The van der Waals surface area contributed by atoms with Gasteiger partial charge in [-0.2, -0.15) is 0 Å². The maximum Gasteiger partial charge on any atom is 0.271 e. The van der Waals surface area contributed by atoms with E-state index in [1.165, 1.54) is 18.6 Å². The SMILES string of the molecule is O=[N+]([O-])c1ccc2nc(NC3CCCCC3Cl)[nH]c2c1. The van der Waals surface area contributed by atoms with Crippen molar-refractivity contribution in [2.24, 2.45) is 0 Å². The molecular weight excluding hydrogens is 280 g/mol. The van der Waals surface area contributed by atoms with E-state index in [1.54, 1.807) is 6.07 Å². The van der Waals surface area contributed by atoms with Crippen LogP contribution in [-0.2, 0) is 0 Å². The number of fused-ring (bicyclic) bond motifs is 1. The van der Waals surface area contributed by atoms with Crippen molar-refractivity contribution in [3.05, 3.63) is 28.3 Å². The Kier molecular flexibility index (Phi) is 3.48. The van der Waals surface area contributed by atoms with Gasteiger partial charge in [0, 0.05) is 18.2 Å². The van der Waals surface area contributed by atoms with E-state index in [1.807, 2.05) is 0 Å². The van der Waals surface area contributed by atoms with Crippen molar-refractivity contribution < 1.29 is 4.92 Å². The predicted molar refractivity (Wildman–Crippen MR) is 78.3 cm³/mol. The summed E-state index contributed by atoms with van der Waals surface area (Å²) in [5.41, 5.74) is 1.42. The number of anilines is 1. The third-order valence-corrected chi connectivity index (χ3v) is 4.20. The van der Waals surface area contributed by atoms with Crippen molar-refractivity contribution in [2.45, 2.75) is 37.1 Å². The number of aromatic nitrogens is 2. The zero-order chi connectivity index (χ0) is 14.1. The molecule has 7 heteroatoms. The van der Waals surface area contributed by atoms with Crippen LogP contribution in [0.3, 0.4) is 0 Å². The number of aromatic amines is 1. The van der Waals surface area contributed by atoms with Crippen molar-refractivity contribution in [1.82, 2.24) is 9.97 Å². The molecule has 106 valence electrons. The first-order chi connectivity index (χ1) is 9.63. The molecule has 1 saturated carbocycles. The van der Waals surface area contributed by atoms with Crippen LogP contribution >= 0.6 is 11.6 Å². The molecular formula is C13H15ClN4O2. The molecule has 1 aromatic heterocycles. The molecule has 1 aliphatic carbocycles. The number of nitrogens with zero attached hydrogens (tertiary/aromatic N) is 2. The lowest BCUT2D eigenvalue weighted by Crippen LogP contribution is -2.33. The van der Waals surface area contributed by atoms with Crippen LogP contribution in [0.4, 0.5) is 11.6 Å². The van der Waals surface area contributed by atoms with Crippen molar-refractivity contribution in [3.8, 4) is 0 Å². The minimum Gasteiger partial charge on any atom is -0.352 e. The largest absolute Gasteiger partial charge is 0.352 e. The molecule has 2 unspecified atom stereocenters. The monoisotopic (exact) mass is 294 g/mol. The fourth-order valence-electron chi connectivity index (χ4n) is 2.60. The third kappa shape index (κ3) is 2.56. The van der Waals surface area contributed by atoms with Gasteiger partial charge in [-0.15, -0.1) is 11.6 Å². The number of halogens is 1. The van der Waals surface area contributed by atoms with E-state index in [0.717, 1.165) is 19.3 Å². The third-order valence-electron chi connectivity index (χ3n) is 3.68. The van der Waals surface area contributed by atoms with E-state index in [-0.39, 0.29) is 17.1 Å². The average Bonchev–Trinajstić information content (AvgIpc) is 2.82. The Bertz CT molecular complexity index is 642. The van der Waals surface area contributed by atoms with Gasteiger partial charge in [-0.1, -0.05) is 12.8 Å². The van der Waals surface area contributed by atoms with Gasteiger partial charge in [0.05, 0.1) is 21.3 Å². The second-order valence-electron chi connectivity index (χ2n) is 5.10. The molecule has 2 aromatic rings. The fourth-order valence-corrected chi connectivity index (χ4v) is 2.95. The number of hydrogen-bond acceptors (Lipinski definition) is 4. The summed E-state index contributed by atoms with van der Waals surface area (Å²) in [4.78, 5) is 17.8. The number of benzene rings is 1. The molecule has 2 N–H and O–H groups in total. The first-order valence-electron chi connectivity index (χ1n) is 6.68. The average molecular weight is 295 g/mol. The molecule has 1 aliphatic rings. The zero-order valence-electron chi connectivity index (χ0n) is 10.8. The molecule has 2 atom stereocenters. The highest BCUT2D eigenvalue weighted by Crippen LogP contribution is 2.26. The van der Waals surface area contributed by atoms with Crippen LogP contribution in [0.2, 0.25) is 0 Å². The van der Waals surface area contributed by atoms with E-state index >= 15 is 0 Å². The Balaban J connectivity index is 1.83. The first-order valence-corrected chi connectivity index (χ1v) is 7.12. The molecule has 0 amide bonds. The minimum absolute atomic E-state index is 0.0561. The lowest BCUT2D eigenvalue weighted by atomic mass is 9.95. The number of rotatable bonds is 3. The first kappa shape index (κ1) is 13.2. The number of hydrogen-bond donors (Lipinski definition) is 2. The van der Waals surface area contributed by atoms with E-state index < -0.39 is 4.92 Å². The number of non-ortho nitro benzene ring substituents is 1. The van der Waals surface area contributed by atoms with Crippen LogP contribution in [0.15, 0.2) is 18.2 Å².